The van der Waals surface area contributed by atoms with Crippen molar-refractivity contribution >= 4 is 23.5 Å². The Labute approximate surface area is 154 Å². The van der Waals surface area contributed by atoms with Gasteiger partial charge in [-0.25, -0.2) is 4.79 Å². The second kappa shape index (κ2) is 7.52. The van der Waals surface area contributed by atoms with Crippen molar-refractivity contribution in [3.05, 3.63) is 64.7 Å². The van der Waals surface area contributed by atoms with Crippen LogP contribution < -0.4 is 5.32 Å². The quantitative estimate of drug-likeness (QED) is 0.766. The SMILES string of the molecule is Cc1ccc(NC(=O)N2CCS[C@@H]2c2ccc(C(C)C)cc2)cc1C. The van der Waals surface area contributed by atoms with Gasteiger partial charge in [-0.05, 0) is 54.2 Å². The van der Waals surface area contributed by atoms with Gasteiger partial charge in [0.2, 0.25) is 0 Å². The summed E-state index contributed by atoms with van der Waals surface area (Å²) in [5.74, 6) is 1.49. The number of nitrogens with one attached hydrogen (secondary N) is 1. The molecule has 3 nitrogen and oxygen atoms in total. The van der Waals surface area contributed by atoms with E-state index in [0.717, 1.165) is 18.0 Å². The summed E-state index contributed by atoms with van der Waals surface area (Å²) >= 11 is 1.83. The standard InChI is InChI=1S/C21H26N2OS/c1-14(2)17-6-8-18(9-7-17)20-23(11-12-25-20)21(24)22-19-10-5-15(3)16(4)13-19/h5-10,13-14,20H,11-12H2,1-4H3,(H,22,24)/t20-/m1/s1. The number of carbonyl (C=O) groups is 1. The van der Waals surface area contributed by atoms with Crippen LogP contribution in [-0.4, -0.2) is 23.2 Å². The van der Waals surface area contributed by atoms with Gasteiger partial charge in [0.25, 0.3) is 0 Å². The lowest BCUT2D eigenvalue weighted by molar-refractivity contribution is 0.214. The van der Waals surface area contributed by atoms with Gasteiger partial charge in [0.05, 0.1) is 0 Å². The van der Waals surface area contributed by atoms with Crippen molar-refractivity contribution in [3.63, 3.8) is 0 Å². The van der Waals surface area contributed by atoms with Gasteiger partial charge in [-0.3, -0.25) is 0 Å². The van der Waals surface area contributed by atoms with Gasteiger partial charge in [-0.1, -0.05) is 44.2 Å². The van der Waals surface area contributed by atoms with Crippen molar-refractivity contribution in [1.82, 2.24) is 4.90 Å². The molecule has 1 aliphatic rings. The maximum atomic E-state index is 12.8. The molecule has 0 unspecified atom stereocenters. The Balaban J connectivity index is 1.74. The van der Waals surface area contributed by atoms with Gasteiger partial charge in [0.1, 0.15) is 5.37 Å². The summed E-state index contributed by atoms with van der Waals surface area (Å²) in [7, 11) is 0. The summed E-state index contributed by atoms with van der Waals surface area (Å²) < 4.78 is 0. The monoisotopic (exact) mass is 354 g/mol. The van der Waals surface area contributed by atoms with E-state index in [4.69, 9.17) is 0 Å². The van der Waals surface area contributed by atoms with Gasteiger partial charge in [0.15, 0.2) is 0 Å². The highest BCUT2D eigenvalue weighted by Crippen LogP contribution is 2.38. The number of hydrogen-bond donors (Lipinski definition) is 1. The molecule has 0 bridgehead atoms. The molecule has 2 aromatic rings. The van der Waals surface area contributed by atoms with Crippen molar-refractivity contribution in [1.29, 1.82) is 0 Å². The van der Waals surface area contributed by atoms with E-state index in [1.165, 1.54) is 22.3 Å². The molecule has 1 N–H and O–H groups in total. The summed E-state index contributed by atoms with van der Waals surface area (Å²) in [6, 6.07) is 14.7. The first-order chi connectivity index (χ1) is 12.0. The highest BCUT2D eigenvalue weighted by Gasteiger charge is 2.30. The fourth-order valence-corrected chi connectivity index (χ4v) is 4.27. The van der Waals surface area contributed by atoms with Crippen molar-refractivity contribution in [2.24, 2.45) is 0 Å². The van der Waals surface area contributed by atoms with Gasteiger partial charge in [-0.15, -0.1) is 11.8 Å². The lowest BCUT2D eigenvalue weighted by atomic mass is 10.0. The van der Waals surface area contributed by atoms with Crippen LogP contribution in [0.25, 0.3) is 0 Å². The van der Waals surface area contributed by atoms with Gasteiger partial charge >= 0.3 is 6.03 Å². The molecule has 25 heavy (non-hydrogen) atoms. The number of nitrogens with zero attached hydrogens (tertiary/aromatic N) is 1. The van der Waals surface area contributed by atoms with Crippen LogP contribution in [0.1, 0.15) is 47.4 Å². The van der Waals surface area contributed by atoms with Crippen molar-refractivity contribution in [3.8, 4) is 0 Å². The first-order valence-corrected chi connectivity index (χ1v) is 9.87. The highest BCUT2D eigenvalue weighted by atomic mass is 32.2. The molecule has 3 rings (SSSR count). The molecular weight excluding hydrogens is 328 g/mol. The highest BCUT2D eigenvalue weighted by molar-refractivity contribution is 7.99. The molecule has 1 aliphatic heterocycles. The van der Waals surface area contributed by atoms with Crippen LogP contribution in [0.3, 0.4) is 0 Å². The molecule has 0 saturated carbocycles. The molecule has 1 fully saturated rings. The number of rotatable bonds is 3. The number of thioether (sulfide) groups is 1. The molecule has 2 aromatic carbocycles. The van der Waals surface area contributed by atoms with E-state index in [1.807, 2.05) is 34.9 Å². The zero-order valence-corrected chi connectivity index (χ0v) is 16.2. The second-order valence-electron chi connectivity index (χ2n) is 6.97. The Kier molecular flexibility index (Phi) is 5.38. The molecule has 0 aromatic heterocycles. The lowest BCUT2D eigenvalue weighted by Gasteiger charge is -2.25. The average Bonchev–Trinajstić information content (AvgIpc) is 3.08. The molecule has 1 heterocycles. The van der Waals surface area contributed by atoms with E-state index >= 15 is 0 Å². The minimum atomic E-state index is -0.0220. The summed E-state index contributed by atoms with van der Waals surface area (Å²) in [5, 5.41) is 3.15. The topological polar surface area (TPSA) is 32.3 Å². The van der Waals surface area contributed by atoms with Crippen LogP contribution in [0.2, 0.25) is 0 Å². The largest absolute Gasteiger partial charge is 0.323 e. The molecule has 0 aliphatic carbocycles. The van der Waals surface area contributed by atoms with E-state index in [2.05, 4.69) is 57.3 Å². The Morgan fingerprint density at radius 2 is 1.84 bits per heavy atom. The van der Waals surface area contributed by atoms with E-state index in [-0.39, 0.29) is 11.4 Å². The van der Waals surface area contributed by atoms with Gasteiger partial charge in [0, 0.05) is 18.0 Å². The third kappa shape index (κ3) is 4.01. The molecule has 1 atom stereocenters. The predicted molar refractivity (Wildman–Crippen MR) is 107 cm³/mol. The summed E-state index contributed by atoms with van der Waals surface area (Å²) in [5.41, 5.74) is 5.81. The Hall–Kier alpha value is -1.94. The van der Waals surface area contributed by atoms with Crippen LogP contribution in [-0.2, 0) is 0 Å². The average molecular weight is 355 g/mol. The number of hydrogen-bond acceptors (Lipinski definition) is 2. The zero-order valence-electron chi connectivity index (χ0n) is 15.4. The summed E-state index contributed by atoms with van der Waals surface area (Å²) in [4.78, 5) is 14.7. The maximum Gasteiger partial charge on any atom is 0.323 e. The molecule has 1 saturated heterocycles. The molecule has 4 heteroatoms. The summed E-state index contributed by atoms with van der Waals surface area (Å²) in [6.07, 6.45) is 0. The molecule has 132 valence electrons. The molecule has 2 amide bonds. The first kappa shape index (κ1) is 17.9. The van der Waals surface area contributed by atoms with Crippen molar-refractivity contribution < 1.29 is 4.79 Å². The third-order valence-electron chi connectivity index (χ3n) is 4.80. The second-order valence-corrected chi connectivity index (χ2v) is 8.16. The van der Waals surface area contributed by atoms with Crippen LogP contribution in [0.15, 0.2) is 42.5 Å². The van der Waals surface area contributed by atoms with Crippen LogP contribution in [0.5, 0.6) is 0 Å². The normalized spacial score (nSPS) is 17.2. The predicted octanol–water partition coefficient (Wildman–Crippen LogP) is 5.71. The Morgan fingerprint density at radius 3 is 2.48 bits per heavy atom. The number of anilines is 1. The fourth-order valence-electron chi connectivity index (χ4n) is 3.01. The van der Waals surface area contributed by atoms with Crippen LogP contribution in [0, 0.1) is 13.8 Å². The first-order valence-electron chi connectivity index (χ1n) is 8.82. The minimum Gasteiger partial charge on any atom is -0.308 e. The smallest absolute Gasteiger partial charge is 0.308 e. The number of amides is 2. The number of carbonyl (C=O) groups excluding carboxylic acids is 1. The molecule has 0 spiro atoms. The minimum absolute atomic E-state index is 0.0220. The fraction of sp³-hybridized carbons (Fsp3) is 0.381. The third-order valence-corrected chi connectivity index (χ3v) is 6.06. The van der Waals surface area contributed by atoms with E-state index in [0.29, 0.717) is 5.92 Å². The molecular formula is C21H26N2OS. The van der Waals surface area contributed by atoms with Crippen LogP contribution >= 0.6 is 11.8 Å². The van der Waals surface area contributed by atoms with E-state index < -0.39 is 0 Å². The van der Waals surface area contributed by atoms with Crippen molar-refractivity contribution in [2.75, 3.05) is 17.6 Å². The van der Waals surface area contributed by atoms with Crippen LogP contribution in [0.4, 0.5) is 10.5 Å². The van der Waals surface area contributed by atoms with Crippen molar-refractivity contribution in [2.45, 2.75) is 39.0 Å². The lowest BCUT2D eigenvalue weighted by Crippen LogP contribution is -2.34. The Morgan fingerprint density at radius 1 is 1.12 bits per heavy atom. The molecule has 0 radical (unpaired) electrons. The Bertz CT molecular complexity index is 755. The zero-order chi connectivity index (χ0) is 18.0. The van der Waals surface area contributed by atoms with E-state index in [1.54, 1.807) is 0 Å². The number of benzene rings is 2. The number of urea groups is 1. The maximum absolute atomic E-state index is 12.8. The summed E-state index contributed by atoms with van der Waals surface area (Å²) in [6.45, 7) is 9.31. The van der Waals surface area contributed by atoms with Gasteiger partial charge in [-0.2, -0.15) is 0 Å². The van der Waals surface area contributed by atoms with E-state index in [9.17, 15) is 4.79 Å². The van der Waals surface area contributed by atoms with Gasteiger partial charge < -0.3 is 10.2 Å². The number of aryl methyl sites for hydroxylation is 2.